The molecule has 3 rings (SSSR count). The van der Waals surface area contributed by atoms with Gasteiger partial charge in [-0.2, -0.15) is 0 Å². The zero-order valence-corrected chi connectivity index (χ0v) is 11.0. The number of benzene rings is 1. The second-order valence-electron chi connectivity index (χ2n) is 5.07. The molecule has 1 aromatic rings. The van der Waals surface area contributed by atoms with E-state index in [4.69, 9.17) is 4.74 Å². The van der Waals surface area contributed by atoms with Crippen molar-refractivity contribution in [3.05, 3.63) is 30.4 Å². The molecule has 1 heterocycles. The summed E-state index contributed by atoms with van der Waals surface area (Å²) in [5, 5.41) is 5.57. The number of carbonyl (C=O) groups is 2. The number of carbonyl (C=O) groups excluding carboxylic acids is 2. The molecule has 0 spiro atoms. The maximum absolute atomic E-state index is 11.9. The van der Waals surface area contributed by atoms with Crippen LogP contribution in [0, 0.1) is 5.92 Å². The van der Waals surface area contributed by atoms with Crippen molar-refractivity contribution in [1.82, 2.24) is 0 Å². The van der Waals surface area contributed by atoms with Crippen LogP contribution in [0.1, 0.15) is 19.3 Å². The number of fused-ring (bicyclic) bond motifs is 1. The molecule has 5 heteroatoms. The van der Waals surface area contributed by atoms with Crippen molar-refractivity contribution in [2.45, 2.75) is 19.3 Å². The third kappa shape index (κ3) is 2.82. The van der Waals surface area contributed by atoms with E-state index >= 15 is 0 Å². The van der Waals surface area contributed by atoms with Gasteiger partial charge in [-0.1, -0.05) is 12.2 Å². The van der Waals surface area contributed by atoms with Crippen LogP contribution in [0.3, 0.4) is 0 Å². The van der Waals surface area contributed by atoms with Crippen molar-refractivity contribution < 1.29 is 14.3 Å². The Kier molecular flexibility index (Phi) is 3.41. The van der Waals surface area contributed by atoms with Crippen molar-refractivity contribution in [2.24, 2.45) is 5.92 Å². The Hall–Kier alpha value is -2.30. The summed E-state index contributed by atoms with van der Waals surface area (Å²) < 4.78 is 5.27. The van der Waals surface area contributed by atoms with E-state index in [-0.39, 0.29) is 18.4 Å². The van der Waals surface area contributed by atoms with Gasteiger partial charge < -0.3 is 15.4 Å². The van der Waals surface area contributed by atoms with Crippen molar-refractivity contribution in [2.75, 3.05) is 17.2 Å². The molecule has 0 saturated heterocycles. The molecule has 2 N–H and O–H groups in total. The highest BCUT2D eigenvalue weighted by molar-refractivity contribution is 5.97. The molecule has 1 aliphatic heterocycles. The molecule has 1 atom stereocenters. The fraction of sp³-hybridized carbons (Fsp3) is 0.333. The van der Waals surface area contributed by atoms with E-state index in [2.05, 4.69) is 22.8 Å². The molecule has 0 fully saturated rings. The number of amides is 2. The number of allylic oxidation sites excluding steroid dienone is 2. The summed E-state index contributed by atoms with van der Waals surface area (Å²) in [6.07, 6.45) is 6.81. The van der Waals surface area contributed by atoms with Gasteiger partial charge in [-0.15, -0.1) is 0 Å². The lowest BCUT2D eigenvalue weighted by atomic mass is 10.1. The van der Waals surface area contributed by atoms with Gasteiger partial charge in [0.25, 0.3) is 5.91 Å². The van der Waals surface area contributed by atoms with Gasteiger partial charge in [-0.25, -0.2) is 0 Å². The molecule has 1 unspecified atom stereocenters. The van der Waals surface area contributed by atoms with E-state index in [1.807, 2.05) is 0 Å². The highest BCUT2D eigenvalue weighted by Gasteiger charge is 2.17. The first-order valence-corrected chi connectivity index (χ1v) is 6.74. The van der Waals surface area contributed by atoms with Crippen LogP contribution in [0.4, 0.5) is 11.4 Å². The van der Waals surface area contributed by atoms with Crippen LogP contribution in [0.15, 0.2) is 30.4 Å². The first-order chi connectivity index (χ1) is 9.70. The van der Waals surface area contributed by atoms with Gasteiger partial charge in [-0.3, -0.25) is 9.59 Å². The first kappa shape index (κ1) is 12.7. The average Bonchev–Trinajstić information content (AvgIpc) is 2.91. The minimum atomic E-state index is -0.183. The fourth-order valence-corrected chi connectivity index (χ4v) is 2.48. The molecule has 0 bridgehead atoms. The van der Waals surface area contributed by atoms with Crippen molar-refractivity contribution in [3.63, 3.8) is 0 Å². The van der Waals surface area contributed by atoms with Crippen LogP contribution in [-0.4, -0.2) is 18.4 Å². The Labute approximate surface area is 117 Å². The zero-order chi connectivity index (χ0) is 13.9. The summed E-state index contributed by atoms with van der Waals surface area (Å²) in [4.78, 5) is 23.2. The third-order valence-electron chi connectivity index (χ3n) is 3.46. The maximum Gasteiger partial charge on any atom is 0.262 e. The van der Waals surface area contributed by atoms with Crippen LogP contribution in [0.2, 0.25) is 0 Å². The molecule has 1 aromatic carbocycles. The van der Waals surface area contributed by atoms with Gasteiger partial charge in [0.15, 0.2) is 6.61 Å². The smallest absolute Gasteiger partial charge is 0.262 e. The topological polar surface area (TPSA) is 67.4 Å². The Balaban J connectivity index is 1.65. The SMILES string of the molecule is O=C(CC1C=CCC1)Nc1ccc2c(c1)NC(=O)CO2. The minimum absolute atomic E-state index is 0.00967. The number of ether oxygens (including phenoxy) is 1. The molecule has 0 saturated carbocycles. The van der Waals surface area contributed by atoms with E-state index in [1.165, 1.54) is 0 Å². The van der Waals surface area contributed by atoms with Crippen LogP contribution < -0.4 is 15.4 Å². The predicted molar refractivity (Wildman–Crippen MR) is 75.7 cm³/mol. The molecule has 0 aromatic heterocycles. The molecule has 2 amide bonds. The summed E-state index contributed by atoms with van der Waals surface area (Å²) in [5.74, 6) is 0.776. The van der Waals surface area contributed by atoms with E-state index in [0.29, 0.717) is 29.5 Å². The first-order valence-electron chi connectivity index (χ1n) is 6.74. The summed E-state index contributed by atoms with van der Waals surface area (Å²) in [6, 6.07) is 5.24. The van der Waals surface area contributed by atoms with Gasteiger partial charge in [0.1, 0.15) is 5.75 Å². The Bertz CT molecular complexity index is 580. The molecular weight excluding hydrogens is 256 g/mol. The molecule has 5 nitrogen and oxygen atoms in total. The van der Waals surface area contributed by atoms with E-state index in [0.717, 1.165) is 12.8 Å². The number of anilines is 2. The maximum atomic E-state index is 11.9. The number of rotatable bonds is 3. The largest absolute Gasteiger partial charge is 0.482 e. The summed E-state index contributed by atoms with van der Waals surface area (Å²) in [5.41, 5.74) is 1.27. The molecule has 1 aliphatic carbocycles. The van der Waals surface area contributed by atoms with Gasteiger partial charge >= 0.3 is 0 Å². The highest BCUT2D eigenvalue weighted by atomic mass is 16.5. The lowest BCUT2D eigenvalue weighted by Crippen LogP contribution is -2.25. The quantitative estimate of drug-likeness (QED) is 0.830. The van der Waals surface area contributed by atoms with Crippen molar-refractivity contribution >= 4 is 23.2 Å². The fourth-order valence-electron chi connectivity index (χ4n) is 2.48. The number of nitrogens with one attached hydrogen (secondary N) is 2. The van der Waals surface area contributed by atoms with Gasteiger partial charge in [0.2, 0.25) is 5.91 Å². The monoisotopic (exact) mass is 272 g/mol. The third-order valence-corrected chi connectivity index (χ3v) is 3.46. The van der Waals surface area contributed by atoms with Gasteiger partial charge in [-0.05, 0) is 37.0 Å². The Morgan fingerprint density at radius 2 is 2.35 bits per heavy atom. The minimum Gasteiger partial charge on any atom is -0.482 e. The van der Waals surface area contributed by atoms with Crippen LogP contribution in [0.5, 0.6) is 5.75 Å². The second-order valence-corrected chi connectivity index (χ2v) is 5.07. The normalized spacial score (nSPS) is 20.0. The number of hydrogen-bond donors (Lipinski definition) is 2. The summed E-state index contributed by atoms with van der Waals surface area (Å²) >= 11 is 0. The molecule has 0 radical (unpaired) electrons. The predicted octanol–water partition coefficient (Wildman–Crippen LogP) is 2.31. The van der Waals surface area contributed by atoms with E-state index < -0.39 is 0 Å². The van der Waals surface area contributed by atoms with Crippen LogP contribution in [-0.2, 0) is 9.59 Å². The lowest BCUT2D eigenvalue weighted by molar-refractivity contribution is -0.118. The van der Waals surface area contributed by atoms with Gasteiger partial charge in [0, 0.05) is 12.1 Å². The van der Waals surface area contributed by atoms with Crippen LogP contribution >= 0.6 is 0 Å². The molecular formula is C15H16N2O3. The Morgan fingerprint density at radius 1 is 1.45 bits per heavy atom. The molecule has 104 valence electrons. The zero-order valence-electron chi connectivity index (χ0n) is 11.0. The molecule has 20 heavy (non-hydrogen) atoms. The summed E-state index contributed by atoms with van der Waals surface area (Å²) in [6.45, 7) is 0.0344. The van der Waals surface area contributed by atoms with Gasteiger partial charge in [0.05, 0.1) is 5.69 Å². The van der Waals surface area contributed by atoms with E-state index in [1.54, 1.807) is 18.2 Å². The lowest BCUT2D eigenvalue weighted by Gasteiger charge is -2.18. The average molecular weight is 272 g/mol. The second kappa shape index (κ2) is 5.36. The summed E-state index contributed by atoms with van der Waals surface area (Å²) in [7, 11) is 0. The molecule has 2 aliphatic rings. The Morgan fingerprint density at radius 3 is 3.15 bits per heavy atom. The van der Waals surface area contributed by atoms with Crippen molar-refractivity contribution in [1.29, 1.82) is 0 Å². The van der Waals surface area contributed by atoms with E-state index in [9.17, 15) is 9.59 Å². The standard InChI is InChI=1S/C15H16N2O3/c18-14(7-10-3-1-2-4-10)16-11-5-6-13-12(8-11)17-15(19)9-20-13/h1,3,5-6,8,10H,2,4,7,9H2,(H,16,18)(H,17,19). The van der Waals surface area contributed by atoms with Crippen LogP contribution in [0.25, 0.3) is 0 Å². The highest BCUT2D eigenvalue weighted by Crippen LogP contribution is 2.30. The van der Waals surface area contributed by atoms with Crippen molar-refractivity contribution in [3.8, 4) is 5.75 Å². The number of hydrogen-bond acceptors (Lipinski definition) is 3.